The van der Waals surface area contributed by atoms with E-state index in [1.165, 1.54) is 31.2 Å². The van der Waals surface area contributed by atoms with E-state index in [-0.39, 0.29) is 11.3 Å². The van der Waals surface area contributed by atoms with E-state index in [0.29, 0.717) is 0 Å². The van der Waals surface area contributed by atoms with Crippen LogP contribution in [0.15, 0.2) is 93.5 Å². The topological polar surface area (TPSA) is 84.9 Å². The highest BCUT2D eigenvalue weighted by molar-refractivity contribution is 7.97. The predicted octanol–water partition coefficient (Wildman–Crippen LogP) is 6.52. The molecule has 3 aromatic rings. The Hall–Kier alpha value is -2.85. The predicted molar refractivity (Wildman–Crippen MR) is 140 cm³/mol. The average Bonchev–Trinajstić information content (AvgIpc) is 3.04. The van der Waals surface area contributed by atoms with Crippen LogP contribution in [0.5, 0.6) is 5.75 Å². The Kier molecular flexibility index (Phi) is 9.43. The average molecular weight is 655 g/mol. The third-order valence-corrected chi connectivity index (χ3v) is 9.74. The van der Waals surface area contributed by atoms with Crippen LogP contribution >= 0.6 is 0 Å². The standard InChI is InChI=1S/C28H25F7O6S2/c1-25(40-17-26(30,31)27(32,33)18-41-25)19-7-11-22(12-8-19)42(21-5-3-2-4-6-21)23-13-9-20(10-14-23)39-16-15-24(29)28(34,35)43(36,37)38/h2-14,24H,15-18H2,1H3. The highest BCUT2D eigenvalue weighted by atomic mass is 32.2. The summed E-state index contributed by atoms with van der Waals surface area (Å²) in [7, 11) is -6.93. The maximum absolute atomic E-state index is 13.8. The van der Waals surface area contributed by atoms with Crippen molar-refractivity contribution in [2.45, 2.75) is 57.1 Å². The first-order chi connectivity index (χ1) is 20.0. The van der Waals surface area contributed by atoms with Gasteiger partial charge in [0.05, 0.1) is 17.5 Å². The minimum absolute atomic E-state index is 0.167. The lowest BCUT2D eigenvalue weighted by molar-refractivity contribution is -0.233. The minimum Gasteiger partial charge on any atom is -0.743 e. The highest BCUT2D eigenvalue weighted by Gasteiger charge is 2.60. The Morgan fingerprint density at radius 1 is 0.860 bits per heavy atom. The molecule has 0 bridgehead atoms. The summed E-state index contributed by atoms with van der Waals surface area (Å²) < 4.78 is 143. The van der Waals surface area contributed by atoms with Gasteiger partial charge in [0.25, 0.3) is 0 Å². The zero-order valence-corrected chi connectivity index (χ0v) is 24.0. The molecule has 0 N–H and O–H groups in total. The first-order valence-corrected chi connectivity index (χ1v) is 15.2. The van der Waals surface area contributed by atoms with Gasteiger partial charge >= 0.3 is 17.1 Å². The number of benzene rings is 3. The van der Waals surface area contributed by atoms with Crippen molar-refractivity contribution in [3.8, 4) is 5.75 Å². The van der Waals surface area contributed by atoms with Gasteiger partial charge in [-0.1, -0.05) is 18.2 Å². The Balaban J connectivity index is 1.53. The third kappa shape index (κ3) is 7.11. The van der Waals surface area contributed by atoms with E-state index in [1.54, 1.807) is 24.3 Å². The van der Waals surface area contributed by atoms with E-state index in [9.17, 15) is 43.7 Å². The first-order valence-electron chi connectivity index (χ1n) is 12.6. The lowest BCUT2D eigenvalue weighted by Gasteiger charge is -2.28. The lowest BCUT2D eigenvalue weighted by Crippen LogP contribution is -2.45. The Labute approximate surface area is 245 Å². The van der Waals surface area contributed by atoms with Crippen LogP contribution in [0.4, 0.5) is 30.7 Å². The molecule has 234 valence electrons. The summed E-state index contributed by atoms with van der Waals surface area (Å²) in [5.41, 5.74) is 0.242. The Morgan fingerprint density at radius 2 is 1.33 bits per heavy atom. The molecule has 0 aromatic heterocycles. The summed E-state index contributed by atoms with van der Waals surface area (Å²) in [6, 6.07) is 22.0. The molecule has 1 aliphatic rings. The molecule has 2 unspecified atom stereocenters. The quantitative estimate of drug-likeness (QED) is 0.141. The number of hydrogen-bond donors (Lipinski definition) is 0. The van der Waals surface area contributed by atoms with Crippen molar-refractivity contribution in [2.24, 2.45) is 0 Å². The molecule has 3 aromatic carbocycles. The Bertz CT molecular complexity index is 1470. The van der Waals surface area contributed by atoms with Crippen LogP contribution in [0.2, 0.25) is 0 Å². The van der Waals surface area contributed by atoms with Crippen molar-refractivity contribution in [3.05, 3.63) is 84.4 Å². The molecule has 1 aliphatic heterocycles. The number of alkyl halides is 7. The number of ether oxygens (including phenoxy) is 3. The van der Waals surface area contributed by atoms with Gasteiger partial charge in [-0.2, -0.15) is 26.3 Å². The van der Waals surface area contributed by atoms with Crippen molar-refractivity contribution in [3.63, 3.8) is 0 Å². The van der Waals surface area contributed by atoms with E-state index in [2.05, 4.69) is 0 Å². The molecule has 0 saturated carbocycles. The SMILES string of the molecule is CC1(c2ccc([S+](c3ccccc3)c3ccc(OCCC(F)C(F)(F)S(=O)(=O)[O-])cc3)cc2)OCC(F)(F)C(F)(F)CO1. The van der Waals surface area contributed by atoms with Gasteiger partial charge in [0.2, 0.25) is 0 Å². The highest BCUT2D eigenvalue weighted by Crippen LogP contribution is 2.43. The van der Waals surface area contributed by atoms with Crippen LogP contribution in [-0.2, 0) is 36.3 Å². The summed E-state index contributed by atoms with van der Waals surface area (Å²) in [4.78, 5) is 2.38. The van der Waals surface area contributed by atoms with Crippen LogP contribution in [0.25, 0.3) is 0 Å². The fraction of sp³-hybridized carbons (Fsp3) is 0.357. The van der Waals surface area contributed by atoms with Crippen LogP contribution in [0.1, 0.15) is 18.9 Å². The van der Waals surface area contributed by atoms with Gasteiger partial charge in [-0.3, -0.25) is 0 Å². The second-order valence-corrected chi connectivity index (χ2v) is 13.1. The van der Waals surface area contributed by atoms with Gasteiger partial charge in [0, 0.05) is 12.0 Å². The maximum atomic E-state index is 13.8. The van der Waals surface area contributed by atoms with Crippen molar-refractivity contribution >= 4 is 21.0 Å². The van der Waals surface area contributed by atoms with Gasteiger partial charge in [-0.25, -0.2) is 12.8 Å². The summed E-state index contributed by atoms with van der Waals surface area (Å²) in [6.45, 7) is -2.42. The molecule has 4 rings (SSSR count). The largest absolute Gasteiger partial charge is 0.743 e. The molecule has 0 amide bonds. The van der Waals surface area contributed by atoms with Crippen LogP contribution in [0.3, 0.4) is 0 Å². The summed E-state index contributed by atoms with van der Waals surface area (Å²) in [5, 5.41) is -5.08. The zero-order valence-electron chi connectivity index (χ0n) is 22.3. The summed E-state index contributed by atoms with van der Waals surface area (Å²) >= 11 is 0. The Morgan fingerprint density at radius 3 is 1.81 bits per heavy atom. The zero-order chi connectivity index (χ0) is 31.7. The number of hydrogen-bond acceptors (Lipinski definition) is 6. The van der Waals surface area contributed by atoms with Crippen molar-refractivity contribution in [1.29, 1.82) is 0 Å². The van der Waals surface area contributed by atoms with E-state index in [4.69, 9.17) is 14.2 Å². The molecule has 15 heteroatoms. The van der Waals surface area contributed by atoms with Crippen molar-refractivity contribution in [2.75, 3.05) is 19.8 Å². The van der Waals surface area contributed by atoms with Crippen LogP contribution < -0.4 is 4.74 Å². The molecule has 1 saturated heterocycles. The van der Waals surface area contributed by atoms with E-state index < -0.39 is 76.3 Å². The molecule has 1 fully saturated rings. The lowest BCUT2D eigenvalue weighted by atomic mass is 10.1. The molecule has 0 spiro atoms. The molecule has 6 nitrogen and oxygen atoms in total. The molecular formula is C28H25F7O6S2. The fourth-order valence-corrected chi connectivity index (χ4v) is 6.51. The van der Waals surface area contributed by atoms with Crippen LogP contribution in [-0.4, -0.2) is 56.1 Å². The van der Waals surface area contributed by atoms with Gasteiger partial charge in [0.15, 0.2) is 36.8 Å². The minimum atomic E-state index is -6.18. The maximum Gasteiger partial charge on any atom is 0.364 e. The smallest absolute Gasteiger partial charge is 0.364 e. The third-order valence-electron chi connectivity index (χ3n) is 6.58. The summed E-state index contributed by atoms with van der Waals surface area (Å²) in [6.07, 6.45) is -4.29. The fourth-order valence-electron chi connectivity index (χ4n) is 4.01. The van der Waals surface area contributed by atoms with E-state index >= 15 is 0 Å². The van der Waals surface area contributed by atoms with Gasteiger partial charge < -0.3 is 18.8 Å². The second-order valence-electron chi connectivity index (χ2n) is 9.67. The summed E-state index contributed by atoms with van der Waals surface area (Å²) in [5.74, 6) is -10.5. The van der Waals surface area contributed by atoms with Gasteiger partial charge in [-0.05, 0) is 67.6 Å². The number of rotatable bonds is 10. The van der Waals surface area contributed by atoms with E-state index in [0.717, 1.165) is 14.7 Å². The van der Waals surface area contributed by atoms with Gasteiger partial charge in [0.1, 0.15) is 19.0 Å². The molecule has 2 atom stereocenters. The molecule has 0 radical (unpaired) electrons. The van der Waals surface area contributed by atoms with Crippen LogP contribution in [0, 0.1) is 0 Å². The molecule has 0 aliphatic carbocycles. The monoisotopic (exact) mass is 654 g/mol. The molecular weight excluding hydrogens is 629 g/mol. The molecule has 43 heavy (non-hydrogen) atoms. The van der Waals surface area contributed by atoms with Crippen molar-refractivity contribution < 1.29 is 57.9 Å². The normalized spacial score (nSPS) is 19.7. The molecule has 1 heterocycles. The number of halogens is 7. The first kappa shape index (κ1) is 33.1. The second kappa shape index (κ2) is 12.3. The van der Waals surface area contributed by atoms with Crippen molar-refractivity contribution in [1.82, 2.24) is 0 Å². The van der Waals surface area contributed by atoms with Gasteiger partial charge in [-0.15, -0.1) is 0 Å². The van der Waals surface area contributed by atoms with E-state index in [1.807, 2.05) is 30.3 Å².